The summed E-state index contributed by atoms with van der Waals surface area (Å²) in [5, 5.41) is 6.95. The van der Waals surface area contributed by atoms with Crippen LogP contribution in [0.5, 0.6) is 0 Å². The fourth-order valence-electron chi connectivity index (χ4n) is 2.60. The number of aryl methyl sites for hydroxylation is 1. The molecule has 0 bridgehead atoms. The number of halogens is 1. The molecule has 0 fully saturated rings. The largest absolute Gasteiger partial charge is 0.352 e. The topological polar surface area (TPSA) is 24.1 Å². The van der Waals surface area contributed by atoms with Gasteiger partial charge in [-0.25, -0.2) is 4.39 Å². The number of rotatable bonds is 4. The van der Waals surface area contributed by atoms with Crippen LogP contribution in [0.15, 0.2) is 78.9 Å². The highest BCUT2D eigenvalue weighted by Crippen LogP contribution is 2.22. The second-order valence-electron chi connectivity index (χ2n) is 5.86. The highest BCUT2D eigenvalue weighted by atomic mass is 32.1. The highest BCUT2D eigenvalue weighted by Gasteiger charge is 2.15. The van der Waals surface area contributed by atoms with Gasteiger partial charge in [0.1, 0.15) is 5.82 Å². The van der Waals surface area contributed by atoms with Gasteiger partial charge in [-0.15, -0.1) is 0 Å². The molecule has 0 unspecified atom stereocenters. The highest BCUT2D eigenvalue weighted by molar-refractivity contribution is 7.80. The molecule has 0 radical (unpaired) electrons. The maximum Gasteiger partial charge on any atom is 0.171 e. The molecule has 0 saturated heterocycles. The van der Waals surface area contributed by atoms with Gasteiger partial charge in [-0.05, 0) is 54.5 Å². The van der Waals surface area contributed by atoms with Crippen LogP contribution >= 0.6 is 12.2 Å². The van der Waals surface area contributed by atoms with E-state index in [0.29, 0.717) is 5.11 Å². The standard InChI is InChI=1S/C21H19FN2S/c1-15-7-9-17(10-8-15)20(16-5-3-2-4-6-16)24-21(25)23-19-13-11-18(22)12-14-19/h2-14,20H,1H3,(H2,23,24,25)/t20-/m1/s1. The van der Waals surface area contributed by atoms with E-state index in [2.05, 4.69) is 54.0 Å². The zero-order chi connectivity index (χ0) is 17.6. The molecule has 0 heterocycles. The van der Waals surface area contributed by atoms with Crippen molar-refractivity contribution in [1.29, 1.82) is 0 Å². The van der Waals surface area contributed by atoms with E-state index in [0.717, 1.165) is 16.8 Å². The summed E-state index contributed by atoms with van der Waals surface area (Å²) in [6, 6.07) is 24.6. The van der Waals surface area contributed by atoms with Crippen molar-refractivity contribution >= 4 is 23.0 Å². The lowest BCUT2D eigenvalue weighted by Gasteiger charge is -2.22. The molecule has 3 rings (SSSR count). The molecule has 0 amide bonds. The molecular weight excluding hydrogens is 331 g/mol. The monoisotopic (exact) mass is 350 g/mol. The molecule has 126 valence electrons. The molecule has 2 N–H and O–H groups in total. The average molecular weight is 350 g/mol. The van der Waals surface area contributed by atoms with Gasteiger partial charge < -0.3 is 10.6 Å². The van der Waals surface area contributed by atoms with Crippen LogP contribution in [0.1, 0.15) is 22.7 Å². The van der Waals surface area contributed by atoms with Crippen molar-refractivity contribution in [1.82, 2.24) is 5.32 Å². The van der Waals surface area contributed by atoms with Gasteiger partial charge in [0, 0.05) is 5.69 Å². The Morgan fingerprint density at radius 2 is 1.44 bits per heavy atom. The van der Waals surface area contributed by atoms with Crippen molar-refractivity contribution in [3.63, 3.8) is 0 Å². The summed E-state index contributed by atoms with van der Waals surface area (Å²) in [5.74, 6) is -0.272. The Labute approximate surface area is 152 Å². The van der Waals surface area contributed by atoms with Crippen LogP contribution in [0.2, 0.25) is 0 Å². The van der Waals surface area contributed by atoms with Gasteiger partial charge in [-0.1, -0.05) is 60.2 Å². The summed E-state index contributed by atoms with van der Waals surface area (Å²) in [4.78, 5) is 0. The summed E-state index contributed by atoms with van der Waals surface area (Å²) in [7, 11) is 0. The predicted molar refractivity (Wildman–Crippen MR) is 105 cm³/mol. The summed E-state index contributed by atoms with van der Waals surface area (Å²) >= 11 is 5.45. The smallest absolute Gasteiger partial charge is 0.171 e. The molecule has 0 spiro atoms. The maximum absolute atomic E-state index is 13.0. The third-order valence-electron chi connectivity index (χ3n) is 3.92. The molecule has 0 aliphatic heterocycles. The Hall–Kier alpha value is -2.72. The van der Waals surface area contributed by atoms with Crippen molar-refractivity contribution in [3.8, 4) is 0 Å². The summed E-state index contributed by atoms with van der Waals surface area (Å²) in [5.41, 5.74) is 4.20. The van der Waals surface area contributed by atoms with Crippen LogP contribution < -0.4 is 10.6 Å². The van der Waals surface area contributed by atoms with E-state index in [-0.39, 0.29) is 11.9 Å². The molecule has 3 aromatic carbocycles. The van der Waals surface area contributed by atoms with Crippen molar-refractivity contribution in [2.45, 2.75) is 13.0 Å². The third kappa shape index (κ3) is 4.64. The van der Waals surface area contributed by atoms with Crippen molar-refractivity contribution < 1.29 is 4.39 Å². The first-order chi connectivity index (χ1) is 12.1. The van der Waals surface area contributed by atoms with Crippen LogP contribution in [0.3, 0.4) is 0 Å². The number of benzene rings is 3. The molecule has 1 atom stereocenters. The lowest BCUT2D eigenvalue weighted by Crippen LogP contribution is -2.33. The van der Waals surface area contributed by atoms with Crippen LogP contribution in [-0.2, 0) is 0 Å². The van der Waals surface area contributed by atoms with E-state index in [9.17, 15) is 4.39 Å². The molecular formula is C21H19FN2S. The van der Waals surface area contributed by atoms with E-state index in [1.807, 2.05) is 18.2 Å². The first kappa shape index (κ1) is 17.1. The van der Waals surface area contributed by atoms with Gasteiger partial charge in [-0.3, -0.25) is 0 Å². The Morgan fingerprint density at radius 3 is 2.08 bits per heavy atom. The Balaban J connectivity index is 1.81. The third-order valence-corrected chi connectivity index (χ3v) is 4.14. The lowest BCUT2D eigenvalue weighted by molar-refractivity contribution is 0.628. The molecule has 0 aliphatic carbocycles. The second-order valence-corrected chi connectivity index (χ2v) is 6.27. The minimum atomic E-state index is -0.272. The predicted octanol–water partition coefficient (Wildman–Crippen LogP) is 5.21. The maximum atomic E-state index is 13.0. The number of hydrogen-bond acceptors (Lipinski definition) is 1. The molecule has 0 saturated carbocycles. The van der Waals surface area contributed by atoms with E-state index in [1.165, 1.54) is 17.7 Å². The van der Waals surface area contributed by atoms with E-state index >= 15 is 0 Å². The fraction of sp³-hybridized carbons (Fsp3) is 0.0952. The van der Waals surface area contributed by atoms with E-state index in [4.69, 9.17) is 12.2 Å². The van der Waals surface area contributed by atoms with Gasteiger partial charge in [0.2, 0.25) is 0 Å². The summed E-state index contributed by atoms with van der Waals surface area (Å²) in [6.07, 6.45) is 0. The van der Waals surface area contributed by atoms with E-state index in [1.54, 1.807) is 12.1 Å². The normalized spacial score (nSPS) is 11.6. The van der Waals surface area contributed by atoms with Crippen molar-refractivity contribution in [2.75, 3.05) is 5.32 Å². The quantitative estimate of drug-likeness (QED) is 0.632. The van der Waals surface area contributed by atoms with Crippen LogP contribution in [0.25, 0.3) is 0 Å². The van der Waals surface area contributed by atoms with Gasteiger partial charge in [0.25, 0.3) is 0 Å². The molecule has 0 aliphatic rings. The van der Waals surface area contributed by atoms with Gasteiger partial charge >= 0.3 is 0 Å². The average Bonchev–Trinajstić information content (AvgIpc) is 2.63. The Morgan fingerprint density at radius 1 is 0.840 bits per heavy atom. The first-order valence-electron chi connectivity index (χ1n) is 8.06. The van der Waals surface area contributed by atoms with Crippen LogP contribution in [0, 0.1) is 12.7 Å². The number of hydrogen-bond donors (Lipinski definition) is 2. The number of thiocarbonyl (C=S) groups is 1. The number of anilines is 1. The zero-order valence-corrected chi connectivity index (χ0v) is 14.7. The lowest BCUT2D eigenvalue weighted by atomic mass is 9.98. The van der Waals surface area contributed by atoms with Crippen LogP contribution in [-0.4, -0.2) is 5.11 Å². The zero-order valence-electron chi connectivity index (χ0n) is 13.9. The first-order valence-corrected chi connectivity index (χ1v) is 8.47. The number of nitrogens with one attached hydrogen (secondary N) is 2. The van der Waals surface area contributed by atoms with E-state index < -0.39 is 0 Å². The minimum absolute atomic E-state index is 0.0674. The van der Waals surface area contributed by atoms with Crippen LogP contribution in [0.4, 0.5) is 10.1 Å². The summed E-state index contributed by atoms with van der Waals surface area (Å²) in [6.45, 7) is 2.06. The van der Waals surface area contributed by atoms with Gasteiger partial charge in [0.15, 0.2) is 5.11 Å². The Kier molecular flexibility index (Phi) is 5.41. The minimum Gasteiger partial charge on any atom is -0.352 e. The molecule has 25 heavy (non-hydrogen) atoms. The van der Waals surface area contributed by atoms with Gasteiger partial charge in [0.05, 0.1) is 6.04 Å². The van der Waals surface area contributed by atoms with Crippen molar-refractivity contribution in [3.05, 3.63) is 101 Å². The molecule has 4 heteroatoms. The Bertz CT molecular complexity index is 830. The molecule has 3 aromatic rings. The van der Waals surface area contributed by atoms with Gasteiger partial charge in [-0.2, -0.15) is 0 Å². The van der Waals surface area contributed by atoms with Crippen molar-refractivity contribution in [2.24, 2.45) is 0 Å². The second kappa shape index (κ2) is 7.90. The summed E-state index contributed by atoms with van der Waals surface area (Å²) < 4.78 is 13.0. The fourth-order valence-corrected chi connectivity index (χ4v) is 2.83. The SMILES string of the molecule is Cc1ccc([C@H](NC(=S)Nc2ccc(F)cc2)c2ccccc2)cc1. The molecule has 0 aromatic heterocycles. The molecule has 2 nitrogen and oxygen atoms in total.